The monoisotopic (exact) mass is 328 g/mol. The summed E-state index contributed by atoms with van der Waals surface area (Å²) < 4.78 is 24.9. The number of nitro groups is 1. The van der Waals surface area contributed by atoms with Crippen LogP contribution in [0, 0.1) is 23.6 Å². The standard InChI is InChI=1S/C16H12N2O4S/c1-12-3-9-15(10-4-12)23(21,22)16(17-2)11-13-5-7-14(8-6-13)18(19)20/h3-11H,1H3/b16-11+. The van der Waals surface area contributed by atoms with E-state index in [1.165, 1.54) is 42.5 Å². The van der Waals surface area contributed by atoms with Gasteiger partial charge in [-0.05, 0) is 42.8 Å². The molecule has 0 aliphatic heterocycles. The van der Waals surface area contributed by atoms with E-state index in [1.807, 2.05) is 6.92 Å². The molecule has 7 heteroatoms. The van der Waals surface area contributed by atoms with Gasteiger partial charge in [-0.3, -0.25) is 10.1 Å². The van der Waals surface area contributed by atoms with Gasteiger partial charge in [0, 0.05) is 12.1 Å². The molecule has 23 heavy (non-hydrogen) atoms. The first-order chi connectivity index (χ1) is 10.8. The van der Waals surface area contributed by atoms with Gasteiger partial charge in [0.2, 0.25) is 9.84 Å². The number of benzene rings is 2. The van der Waals surface area contributed by atoms with E-state index in [4.69, 9.17) is 6.57 Å². The van der Waals surface area contributed by atoms with E-state index in [9.17, 15) is 18.5 Å². The largest absolute Gasteiger partial charge is 0.283 e. The number of hydrogen-bond acceptors (Lipinski definition) is 4. The molecular weight excluding hydrogens is 316 g/mol. The zero-order chi connectivity index (χ0) is 17.0. The highest BCUT2D eigenvalue weighted by Gasteiger charge is 2.21. The maximum Gasteiger partial charge on any atom is 0.283 e. The van der Waals surface area contributed by atoms with E-state index in [0.717, 1.165) is 5.56 Å². The Labute approximate surface area is 133 Å². The first kappa shape index (κ1) is 16.4. The van der Waals surface area contributed by atoms with Crippen LogP contribution in [0.3, 0.4) is 0 Å². The number of nitro benzene ring substituents is 1. The van der Waals surface area contributed by atoms with Crippen LogP contribution in [0.5, 0.6) is 0 Å². The van der Waals surface area contributed by atoms with E-state index in [0.29, 0.717) is 5.56 Å². The SMILES string of the molecule is [C-]#[N+]/C(=C\c1ccc([N+](=O)[O-])cc1)S(=O)(=O)c1ccc(C)cc1. The van der Waals surface area contributed by atoms with Gasteiger partial charge in [0.1, 0.15) is 0 Å². The van der Waals surface area contributed by atoms with Crippen molar-refractivity contribution in [3.8, 4) is 0 Å². The third-order valence-electron chi connectivity index (χ3n) is 3.11. The fraction of sp³-hybridized carbons (Fsp3) is 0.0625. The summed E-state index contributed by atoms with van der Waals surface area (Å²) in [5, 5.41) is 10.2. The molecule has 0 aromatic heterocycles. The van der Waals surface area contributed by atoms with Crippen molar-refractivity contribution >= 4 is 21.6 Å². The molecule has 116 valence electrons. The van der Waals surface area contributed by atoms with Gasteiger partial charge in [-0.2, -0.15) is 0 Å². The molecule has 0 atom stereocenters. The molecule has 0 N–H and O–H groups in total. The van der Waals surface area contributed by atoms with Crippen molar-refractivity contribution in [2.24, 2.45) is 0 Å². The number of sulfone groups is 1. The van der Waals surface area contributed by atoms with Crippen LogP contribution in [0.25, 0.3) is 10.9 Å². The molecule has 2 rings (SSSR count). The highest BCUT2D eigenvalue weighted by atomic mass is 32.2. The predicted molar refractivity (Wildman–Crippen MR) is 86.0 cm³/mol. The van der Waals surface area contributed by atoms with Crippen molar-refractivity contribution in [3.63, 3.8) is 0 Å². The molecule has 0 saturated heterocycles. The van der Waals surface area contributed by atoms with E-state index < -0.39 is 19.8 Å². The lowest BCUT2D eigenvalue weighted by Gasteiger charge is -2.03. The summed E-state index contributed by atoms with van der Waals surface area (Å²) in [4.78, 5) is 13.2. The van der Waals surface area contributed by atoms with Crippen molar-refractivity contribution in [2.45, 2.75) is 11.8 Å². The lowest BCUT2D eigenvalue weighted by Crippen LogP contribution is -2.02. The number of non-ortho nitro benzene ring substituents is 1. The van der Waals surface area contributed by atoms with Crippen LogP contribution in [0.15, 0.2) is 58.5 Å². The highest BCUT2D eigenvalue weighted by Crippen LogP contribution is 2.23. The van der Waals surface area contributed by atoms with Crippen molar-refractivity contribution in [2.75, 3.05) is 0 Å². The van der Waals surface area contributed by atoms with Gasteiger partial charge in [-0.25, -0.2) is 13.3 Å². The summed E-state index contributed by atoms with van der Waals surface area (Å²) >= 11 is 0. The summed E-state index contributed by atoms with van der Waals surface area (Å²) in [5.41, 5.74) is 1.21. The quantitative estimate of drug-likeness (QED) is 0.488. The third kappa shape index (κ3) is 3.62. The molecule has 2 aromatic rings. The van der Waals surface area contributed by atoms with Crippen LogP contribution < -0.4 is 0 Å². The number of aryl methyl sites for hydroxylation is 1. The Morgan fingerprint density at radius 3 is 2.17 bits per heavy atom. The second kappa shape index (κ2) is 6.42. The molecule has 0 aliphatic carbocycles. The molecule has 0 aliphatic rings. The van der Waals surface area contributed by atoms with Gasteiger partial charge < -0.3 is 0 Å². The average molecular weight is 328 g/mol. The summed E-state index contributed by atoms with van der Waals surface area (Å²) in [6, 6.07) is 11.5. The minimum absolute atomic E-state index is 0.0345. The van der Waals surface area contributed by atoms with Crippen molar-refractivity contribution in [3.05, 3.63) is 86.2 Å². The summed E-state index contributed by atoms with van der Waals surface area (Å²) in [6.07, 6.45) is 1.20. The van der Waals surface area contributed by atoms with E-state index >= 15 is 0 Å². The van der Waals surface area contributed by atoms with Crippen molar-refractivity contribution < 1.29 is 13.3 Å². The molecule has 0 radical (unpaired) electrons. The topological polar surface area (TPSA) is 81.6 Å². The van der Waals surface area contributed by atoms with E-state index in [1.54, 1.807) is 12.1 Å². The lowest BCUT2D eigenvalue weighted by molar-refractivity contribution is -0.384. The second-order valence-corrected chi connectivity index (χ2v) is 6.66. The second-order valence-electron chi connectivity index (χ2n) is 4.76. The fourth-order valence-electron chi connectivity index (χ4n) is 1.84. The average Bonchev–Trinajstić information content (AvgIpc) is 2.53. The summed E-state index contributed by atoms with van der Waals surface area (Å²) in [7, 11) is -3.92. The molecule has 0 amide bonds. The van der Waals surface area contributed by atoms with E-state index in [2.05, 4.69) is 4.85 Å². The maximum absolute atomic E-state index is 12.5. The Kier molecular flexibility index (Phi) is 4.57. The van der Waals surface area contributed by atoms with Gasteiger partial charge in [-0.15, -0.1) is 0 Å². The number of rotatable bonds is 4. The van der Waals surface area contributed by atoms with Gasteiger partial charge in [0.05, 0.1) is 16.4 Å². The first-order valence-corrected chi connectivity index (χ1v) is 7.98. The number of nitrogens with zero attached hydrogens (tertiary/aromatic N) is 2. The molecule has 0 bridgehead atoms. The van der Waals surface area contributed by atoms with Gasteiger partial charge in [0.25, 0.3) is 10.7 Å². The molecule has 0 saturated carbocycles. The Bertz CT molecular complexity index is 906. The number of hydrogen-bond donors (Lipinski definition) is 0. The fourth-order valence-corrected chi connectivity index (χ4v) is 2.99. The molecule has 0 fully saturated rings. The minimum Gasteiger partial charge on any atom is -0.258 e. The van der Waals surface area contributed by atoms with Crippen LogP contribution in [0.2, 0.25) is 0 Å². The molecular formula is C16H12N2O4S. The molecule has 2 aromatic carbocycles. The van der Waals surface area contributed by atoms with E-state index in [-0.39, 0.29) is 10.6 Å². The van der Waals surface area contributed by atoms with Crippen molar-refractivity contribution in [1.29, 1.82) is 0 Å². The highest BCUT2D eigenvalue weighted by molar-refractivity contribution is 7.95. The van der Waals surface area contributed by atoms with Crippen LogP contribution in [0.4, 0.5) is 5.69 Å². The molecule has 0 heterocycles. The first-order valence-electron chi connectivity index (χ1n) is 6.50. The molecule has 0 spiro atoms. The summed E-state index contributed by atoms with van der Waals surface area (Å²) in [5.74, 6) is 0. The molecule has 0 unspecified atom stereocenters. The Morgan fingerprint density at radius 1 is 1.13 bits per heavy atom. The third-order valence-corrected chi connectivity index (χ3v) is 4.76. The zero-order valence-electron chi connectivity index (χ0n) is 12.1. The van der Waals surface area contributed by atoms with Gasteiger partial charge in [-0.1, -0.05) is 17.7 Å². The smallest absolute Gasteiger partial charge is 0.258 e. The van der Waals surface area contributed by atoms with Crippen LogP contribution in [-0.4, -0.2) is 13.3 Å². The van der Waals surface area contributed by atoms with Crippen LogP contribution >= 0.6 is 0 Å². The van der Waals surface area contributed by atoms with Gasteiger partial charge in [0.15, 0.2) is 0 Å². The van der Waals surface area contributed by atoms with Crippen LogP contribution in [0.1, 0.15) is 11.1 Å². The Balaban J connectivity index is 2.44. The Morgan fingerprint density at radius 2 is 1.70 bits per heavy atom. The van der Waals surface area contributed by atoms with Crippen molar-refractivity contribution in [1.82, 2.24) is 0 Å². The lowest BCUT2D eigenvalue weighted by atomic mass is 10.2. The Hall–Kier alpha value is -2.98. The zero-order valence-corrected chi connectivity index (χ0v) is 12.9. The maximum atomic E-state index is 12.5. The predicted octanol–water partition coefficient (Wildman–Crippen LogP) is 3.59. The normalized spacial score (nSPS) is 11.7. The van der Waals surface area contributed by atoms with Gasteiger partial charge >= 0.3 is 0 Å². The summed E-state index contributed by atoms with van der Waals surface area (Å²) in [6.45, 7) is 8.97. The van der Waals surface area contributed by atoms with Crippen LogP contribution in [-0.2, 0) is 9.84 Å². The minimum atomic E-state index is -3.92. The molecule has 6 nitrogen and oxygen atoms in total.